The normalized spacial score (nSPS) is 12.0. The first kappa shape index (κ1) is 22.5. The van der Waals surface area contributed by atoms with Crippen LogP contribution in [0.3, 0.4) is 0 Å². The molecule has 0 aliphatic carbocycles. The summed E-state index contributed by atoms with van der Waals surface area (Å²) in [6.45, 7) is 13.3. The zero-order valence-electron chi connectivity index (χ0n) is 22.1. The number of benzene rings is 3. The van der Waals surface area contributed by atoms with Crippen LogP contribution in [0.4, 0.5) is 0 Å². The van der Waals surface area contributed by atoms with E-state index in [2.05, 4.69) is 106 Å². The maximum Gasteiger partial charge on any atom is 0.147 e. The highest BCUT2D eigenvalue weighted by Crippen LogP contribution is 2.43. The molecule has 0 N–H and O–H groups in total. The van der Waals surface area contributed by atoms with Gasteiger partial charge in [0.1, 0.15) is 16.8 Å². The molecular formula is C32H32N4. The van der Waals surface area contributed by atoms with Crippen LogP contribution in [-0.4, -0.2) is 18.9 Å². The Bertz CT molecular complexity index is 1770. The van der Waals surface area contributed by atoms with Crippen molar-refractivity contribution in [3.8, 4) is 22.4 Å². The number of aromatic nitrogens is 4. The van der Waals surface area contributed by atoms with Crippen LogP contribution in [0.25, 0.3) is 50.0 Å². The minimum atomic E-state index is 0.352. The first-order chi connectivity index (χ1) is 17.3. The van der Waals surface area contributed by atoms with E-state index in [9.17, 15) is 0 Å². The van der Waals surface area contributed by atoms with Gasteiger partial charge in [-0.3, -0.25) is 4.40 Å². The van der Waals surface area contributed by atoms with Crippen LogP contribution in [0.5, 0.6) is 0 Å². The summed E-state index contributed by atoms with van der Waals surface area (Å²) in [6.07, 6.45) is 3.99. The maximum atomic E-state index is 5.12. The molecule has 0 radical (unpaired) electrons. The average molecular weight is 473 g/mol. The second-order valence-electron chi connectivity index (χ2n) is 10.5. The SMILES string of the molecule is Cc1cccc(C)c1-c1ccc(C(C)C)c2c1c1ncn(C)c1n1c(-c3c(C)cccc3C)cnc21. The van der Waals surface area contributed by atoms with Gasteiger partial charge in [-0.05, 0) is 72.6 Å². The summed E-state index contributed by atoms with van der Waals surface area (Å²) in [5, 5.41) is 2.40. The highest BCUT2D eigenvalue weighted by molar-refractivity contribution is 6.18. The van der Waals surface area contributed by atoms with Gasteiger partial charge >= 0.3 is 0 Å². The molecule has 0 saturated carbocycles. The standard InChI is InChI=1S/C32H32N4/c1-18(2)23-14-15-24(26-19(3)10-8-11-20(26)4)28-29(23)31-33-16-25(27-21(5)12-9-13-22(27)6)36(31)32-30(28)34-17-35(32)7/h8-18H,1-7H3. The zero-order valence-corrected chi connectivity index (χ0v) is 22.1. The van der Waals surface area contributed by atoms with Crippen molar-refractivity contribution < 1.29 is 0 Å². The molecule has 0 saturated heterocycles. The van der Waals surface area contributed by atoms with Crippen LogP contribution in [0.15, 0.2) is 61.1 Å². The molecule has 0 aliphatic rings. The summed E-state index contributed by atoms with van der Waals surface area (Å²) in [7, 11) is 2.08. The highest BCUT2D eigenvalue weighted by atomic mass is 15.2. The van der Waals surface area contributed by atoms with Crippen molar-refractivity contribution in [2.75, 3.05) is 0 Å². The lowest BCUT2D eigenvalue weighted by atomic mass is 9.87. The summed E-state index contributed by atoms with van der Waals surface area (Å²) in [4.78, 5) is 10.1. The second kappa shape index (κ2) is 8.06. The Balaban J connectivity index is 1.89. The molecule has 6 aromatic rings. The summed E-state index contributed by atoms with van der Waals surface area (Å²) >= 11 is 0. The van der Waals surface area contributed by atoms with E-state index in [1.165, 1.54) is 55.3 Å². The molecule has 3 heterocycles. The Hall–Kier alpha value is -3.92. The zero-order chi connectivity index (χ0) is 25.3. The van der Waals surface area contributed by atoms with Gasteiger partial charge in [0, 0.05) is 23.4 Å². The first-order valence-electron chi connectivity index (χ1n) is 12.7. The quantitative estimate of drug-likeness (QED) is 0.261. The van der Waals surface area contributed by atoms with Crippen LogP contribution in [0, 0.1) is 27.7 Å². The number of nitrogens with zero attached hydrogens (tertiary/aromatic N) is 4. The van der Waals surface area contributed by atoms with Crippen molar-refractivity contribution in [1.29, 1.82) is 0 Å². The van der Waals surface area contributed by atoms with Crippen molar-refractivity contribution in [2.24, 2.45) is 7.05 Å². The van der Waals surface area contributed by atoms with Crippen LogP contribution in [0.2, 0.25) is 0 Å². The van der Waals surface area contributed by atoms with Gasteiger partial charge in [-0.15, -0.1) is 0 Å². The van der Waals surface area contributed by atoms with Crippen molar-refractivity contribution in [3.63, 3.8) is 0 Å². The molecule has 180 valence electrons. The van der Waals surface area contributed by atoms with Crippen molar-refractivity contribution >= 4 is 27.6 Å². The van der Waals surface area contributed by atoms with Crippen LogP contribution in [0.1, 0.15) is 47.6 Å². The smallest absolute Gasteiger partial charge is 0.147 e. The third-order valence-corrected chi connectivity index (χ3v) is 7.69. The van der Waals surface area contributed by atoms with E-state index in [4.69, 9.17) is 9.97 Å². The molecule has 0 fully saturated rings. The minimum absolute atomic E-state index is 0.352. The fraction of sp³-hybridized carbons (Fsp3) is 0.250. The molecule has 0 atom stereocenters. The molecule has 36 heavy (non-hydrogen) atoms. The number of hydrogen-bond acceptors (Lipinski definition) is 2. The van der Waals surface area contributed by atoms with Gasteiger partial charge < -0.3 is 4.57 Å². The minimum Gasteiger partial charge on any atom is -0.319 e. The van der Waals surface area contributed by atoms with Gasteiger partial charge in [0.2, 0.25) is 0 Å². The van der Waals surface area contributed by atoms with E-state index in [-0.39, 0.29) is 0 Å². The van der Waals surface area contributed by atoms with Crippen molar-refractivity contribution in [1.82, 2.24) is 18.9 Å². The van der Waals surface area contributed by atoms with Gasteiger partial charge in [-0.1, -0.05) is 62.4 Å². The molecule has 4 nitrogen and oxygen atoms in total. The van der Waals surface area contributed by atoms with Crippen LogP contribution in [-0.2, 0) is 7.05 Å². The lowest BCUT2D eigenvalue weighted by Gasteiger charge is -2.19. The number of rotatable bonds is 3. The molecule has 0 spiro atoms. The molecule has 6 rings (SSSR count). The largest absolute Gasteiger partial charge is 0.319 e. The van der Waals surface area contributed by atoms with E-state index in [1.54, 1.807) is 0 Å². The number of imidazole rings is 2. The Morgan fingerprint density at radius 1 is 0.722 bits per heavy atom. The molecule has 0 amide bonds. The van der Waals surface area contributed by atoms with Crippen molar-refractivity contribution in [2.45, 2.75) is 47.5 Å². The van der Waals surface area contributed by atoms with E-state index in [1.807, 2.05) is 12.5 Å². The highest BCUT2D eigenvalue weighted by Gasteiger charge is 2.24. The fourth-order valence-electron chi connectivity index (χ4n) is 6.04. The van der Waals surface area contributed by atoms with Gasteiger partial charge in [0.25, 0.3) is 0 Å². The Kier molecular flexibility index (Phi) is 5.04. The predicted molar refractivity (Wildman–Crippen MR) is 151 cm³/mol. The lowest BCUT2D eigenvalue weighted by molar-refractivity contribution is 0.876. The monoisotopic (exact) mass is 472 g/mol. The lowest BCUT2D eigenvalue weighted by Crippen LogP contribution is -2.02. The van der Waals surface area contributed by atoms with Crippen molar-refractivity contribution in [3.05, 3.63) is 88.9 Å². The summed E-state index contributed by atoms with van der Waals surface area (Å²) in [5.74, 6) is 0.352. The predicted octanol–water partition coefficient (Wildman–Crippen LogP) is 8.07. The van der Waals surface area contributed by atoms with E-state index < -0.39 is 0 Å². The second-order valence-corrected chi connectivity index (χ2v) is 10.5. The molecule has 3 aromatic carbocycles. The molecule has 4 heteroatoms. The maximum absolute atomic E-state index is 5.12. The van der Waals surface area contributed by atoms with Gasteiger partial charge in [-0.2, -0.15) is 0 Å². The molecule has 0 bridgehead atoms. The first-order valence-corrected chi connectivity index (χ1v) is 12.7. The number of pyridine rings is 1. The van der Waals surface area contributed by atoms with E-state index in [0.717, 1.165) is 22.5 Å². The summed E-state index contributed by atoms with van der Waals surface area (Å²) in [5.41, 5.74) is 14.3. The third kappa shape index (κ3) is 3.07. The Morgan fingerprint density at radius 3 is 1.94 bits per heavy atom. The molecule has 0 unspecified atom stereocenters. The number of fused-ring (bicyclic) bond motifs is 6. The third-order valence-electron chi connectivity index (χ3n) is 7.69. The number of hydrogen-bond donors (Lipinski definition) is 0. The summed E-state index contributed by atoms with van der Waals surface area (Å²) < 4.78 is 4.47. The average Bonchev–Trinajstić information content (AvgIpc) is 3.42. The Morgan fingerprint density at radius 2 is 1.33 bits per heavy atom. The summed E-state index contributed by atoms with van der Waals surface area (Å²) in [6, 6.07) is 17.6. The van der Waals surface area contributed by atoms with Gasteiger partial charge in [0.15, 0.2) is 0 Å². The fourth-order valence-corrected chi connectivity index (χ4v) is 6.04. The molecular weight excluding hydrogens is 440 g/mol. The van der Waals surface area contributed by atoms with E-state index in [0.29, 0.717) is 5.92 Å². The van der Waals surface area contributed by atoms with Crippen LogP contribution >= 0.6 is 0 Å². The van der Waals surface area contributed by atoms with E-state index >= 15 is 0 Å². The van der Waals surface area contributed by atoms with Gasteiger partial charge in [-0.25, -0.2) is 9.97 Å². The molecule has 3 aromatic heterocycles. The Labute approximate surface area is 212 Å². The number of aryl methyl sites for hydroxylation is 5. The van der Waals surface area contributed by atoms with Gasteiger partial charge in [0.05, 0.1) is 18.2 Å². The van der Waals surface area contributed by atoms with Crippen LogP contribution < -0.4 is 0 Å². The topological polar surface area (TPSA) is 35.1 Å². The molecule has 0 aliphatic heterocycles.